The molecule has 4 rings (SSSR count). The smallest absolute Gasteiger partial charge is 0.328 e. The first-order valence-corrected chi connectivity index (χ1v) is 10.8. The van der Waals surface area contributed by atoms with Crippen molar-refractivity contribution in [2.45, 2.75) is 57.5 Å². The van der Waals surface area contributed by atoms with Crippen LogP contribution in [0.3, 0.4) is 0 Å². The van der Waals surface area contributed by atoms with Gasteiger partial charge in [0.1, 0.15) is 30.2 Å². The fraction of sp³-hybridized carbons (Fsp3) is 0.643. The van der Waals surface area contributed by atoms with Gasteiger partial charge in [0.15, 0.2) is 17.7 Å². The van der Waals surface area contributed by atoms with Crippen LogP contribution < -0.4 is 5.73 Å². The van der Waals surface area contributed by atoms with Crippen LogP contribution in [0.15, 0.2) is 12.7 Å². The molecule has 3 N–H and O–H groups in total. The van der Waals surface area contributed by atoms with Gasteiger partial charge in [-0.1, -0.05) is 0 Å². The van der Waals surface area contributed by atoms with E-state index in [4.69, 9.17) is 35.8 Å². The molecule has 3 unspecified atom stereocenters. The summed E-state index contributed by atoms with van der Waals surface area (Å²) in [4.78, 5) is 12.3. The Labute approximate surface area is 154 Å². The Kier molecular flexibility index (Phi) is 4.51. The van der Waals surface area contributed by atoms with Gasteiger partial charge in [-0.2, -0.15) is 0 Å². The minimum absolute atomic E-state index is 0.155. The van der Waals surface area contributed by atoms with E-state index >= 15 is 0 Å². The van der Waals surface area contributed by atoms with E-state index in [9.17, 15) is 5.11 Å². The molecule has 0 aromatic carbocycles. The monoisotopic (exact) mass is 401 g/mol. The van der Waals surface area contributed by atoms with Gasteiger partial charge in [-0.05, 0) is 32.6 Å². The van der Waals surface area contributed by atoms with Crippen LogP contribution in [0, 0.1) is 0 Å². The molecule has 2 saturated heterocycles. The zero-order chi connectivity index (χ0) is 18.6. The van der Waals surface area contributed by atoms with Crippen LogP contribution in [0.2, 0.25) is 0 Å². The SMILES string of the molecule is CC(C)OP1(=S)OC2C(O[C@@H](n3cnc4c(N)ncnc43)[C@@H]2O)[C@H](C)O1. The summed E-state index contributed by atoms with van der Waals surface area (Å²) in [7, 11) is 0. The molecule has 12 heteroatoms. The van der Waals surface area contributed by atoms with Gasteiger partial charge in [0.25, 0.3) is 0 Å². The number of rotatable bonds is 3. The fourth-order valence-corrected chi connectivity index (χ4v) is 6.16. The number of hydrogen-bond acceptors (Lipinski definition) is 10. The summed E-state index contributed by atoms with van der Waals surface area (Å²) >= 11 is 5.44. The molecule has 2 aromatic heterocycles. The summed E-state index contributed by atoms with van der Waals surface area (Å²) in [5.74, 6) is 0.257. The third-order valence-corrected chi connectivity index (χ3v) is 6.81. The average molecular weight is 401 g/mol. The molecule has 4 heterocycles. The van der Waals surface area contributed by atoms with Gasteiger partial charge in [-0.25, -0.2) is 15.0 Å². The molecule has 2 aliphatic rings. The maximum absolute atomic E-state index is 10.9. The van der Waals surface area contributed by atoms with E-state index in [1.54, 1.807) is 4.57 Å². The van der Waals surface area contributed by atoms with Gasteiger partial charge in [-0.15, -0.1) is 0 Å². The maximum atomic E-state index is 10.9. The van der Waals surface area contributed by atoms with E-state index in [-0.39, 0.29) is 11.9 Å². The number of ether oxygens (including phenoxy) is 1. The van der Waals surface area contributed by atoms with E-state index in [1.807, 2.05) is 20.8 Å². The lowest BCUT2D eigenvalue weighted by atomic mass is 10.1. The average Bonchev–Trinajstić information content (AvgIpc) is 3.09. The molecule has 2 aliphatic heterocycles. The first-order chi connectivity index (χ1) is 12.3. The predicted octanol–water partition coefficient (Wildman–Crippen LogP) is 1.12. The van der Waals surface area contributed by atoms with Crippen molar-refractivity contribution in [3.05, 3.63) is 12.7 Å². The summed E-state index contributed by atoms with van der Waals surface area (Å²) < 4.78 is 25.0. The molecular formula is C14H20N5O5PS. The largest absolute Gasteiger partial charge is 0.386 e. The van der Waals surface area contributed by atoms with Gasteiger partial charge < -0.3 is 24.6 Å². The number of nitrogens with zero attached hydrogens (tertiary/aromatic N) is 4. The van der Waals surface area contributed by atoms with Crippen molar-refractivity contribution in [3.8, 4) is 0 Å². The van der Waals surface area contributed by atoms with Crippen molar-refractivity contribution in [1.29, 1.82) is 0 Å². The number of aromatic nitrogens is 4. The highest BCUT2D eigenvalue weighted by Gasteiger charge is 2.55. The Morgan fingerprint density at radius 2 is 2.08 bits per heavy atom. The Bertz CT molecular complexity index is 879. The van der Waals surface area contributed by atoms with Crippen LogP contribution in [0.25, 0.3) is 11.2 Å². The summed E-state index contributed by atoms with van der Waals surface area (Å²) in [5, 5.41) is 10.9. The van der Waals surface area contributed by atoms with Crippen LogP contribution in [-0.4, -0.2) is 55.1 Å². The number of nitrogens with two attached hydrogens (primary N) is 1. The molecule has 0 aliphatic carbocycles. The molecular weight excluding hydrogens is 381 g/mol. The second-order valence-electron chi connectivity index (χ2n) is 6.55. The van der Waals surface area contributed by atoms with E-state index < -0.39 is 37.4 Å². The minimum atomic E-state index is -2.97. The zero-order valence-corrected chi connectivity index (χ0v) is 16.1. The van der Waals surface area contributed by atoms with Gasteiger partial charge in [0, 0.05) is 0 Å². The number of aliphatic hydroxyl groups excluding tert-OH is 1. The van der Waals surface area contributed by atoms with E-state index in [2.05, 4.69) is 15.0 Å². The normalized spacial score (nSPS) is 37.3. The molecule has 2 fully saturated rings. The van der Waals surface area contributed by atoms with Crippen molar-refractivity contribution in [2.75, 3.05) is 5.73 Å². The van der Waals surface area contributed by atoms with Crippen molar-refractivity contribution in [1.82, 2.24) is 19.5 Å². The molecule has 0 radical (unpaired) electrons. The number of hydrogen-bond donors (Lipinski definition) is 2. The van der Waals surface area contributed by atoms with Gasteiger partial charge in [0.2, 0.25) is 0 Å². The number of imidazole rings is 1. The lowest BCUT2D eigenvalue weighted by molar-refractivity contribution is -0.0956. The zero-order valence-electron chi connectivity index (χ0n) is 14.4. The standard InChI is InChI=1S/C14H20N5O5PS/c1-6(2)22-25(26)23-7(3)10-11(24-25)9(20)14(21-10)19-5-18-8-12(15)16-4-17-13(8)19/h4-7,9-11,14,20H,1-3H3,(H2,15,16,17)/t7-,9+,10?,11?,14+,25?/m0/s1. The van der Waals surface area contributed by atoms with Crippen LogP contribution >= 0.6 is 6.72 Å². The van der Waals surface area contributed by atoms with Crippen LogP contribution in [0.1, 0.15) is 27.0 Å². The second kappa shape index (κ2) is 6.45. The predicted molar refractivity (Wildman–Crippen MR) is 95.6 cm³/mol. The fourth-order valence-electron chi connectivity index (χ4n) is 3.21. The quantitative estimate of drug-likeness (QED) is 0.722. The van der Waals surface area contributed by atoms with E-state index in [0.717, 1.165) is 0 Å². The Morgan fingerprint density at radius 1 is 1.31 bits per heavy atom. The lowest BCUT2D eigenvalue weighted by Crippen LogP contribution is -2.44. The second-order valence-corrected chi connectivity index (χ2v) is 9.42. The number of fused-ring (bicyclic) bond motifs is 2. The molecule has 10 nitrogen and oxygen atoms in total. The number of anilines is 1. The highest BCUT2D eigenvalue weighted by atomic mass is 32.5. The molecule has 0 saturated carbocycles. The first-order valence-electron chi connectivity index (χ1n) is 8.21. The molecule has 0 bridgehead atoms. The van der Waals surface area contributed by atoms with Crippen LogP contribution in [-0.2, 0) is 30.1 Å². The topological polar surface area (TPSA) is 127 Å². The summed E-state index contributed by atoms with van der Waals surface area (Å²) in [5.41, 5.74) is 6.73. The number of aliphatic hydroxyl groups is 1. The first kappa shape index (κ1) is 18.2. The Balaban J connectivity index is 1.66. The third kappa shape index (κ3) is 2.93. The highest BCUT2D eigenvalue weighted by Crippen LogP contribution is 2.59. The van der Waals surface area contributed by atoms with Crippen molar-refractivity contribution in [2.24, 2.45) is 0 Å². The Morgan fingerprint density at radius 3 is 2.81 bits per heavy atom. The molecule has 26 heavy (non-hydrogen) atoms. The molecule has 142 valence electrons. The molecule has 2 aromatic rings. The third-order valence-electron chi connectivity index (χ3n) is 4.26. The van der Waals surface area contributed by atoms with Crippen LogP contribution in [0.4, 0.5) is 5.82 Å². The summed E-state index contributed by atoms with van der Waals surface area (Å²) in [6, 6.07) is 0. The Hall–Kier alpha value is -1.20. The molecule has 0 amide bonds. The molecule has 0 spiro atoms. The van der Waals surface area contributed by atoms with Gasteiger partial charge in [0.05, 0.1) is 18.5 Å². The lowest BCUT2D eigenvalue weighted by Gasteiger charge is -2.38. The highest BCUT2D eigenvalue weighted by molar-refractivity contribution is 8.07. The van der Waals surface area contributed by atoms with Crippen LogP contribution in [0.5, 0.6) is 0 Å². The summed E-state index contributed by atoms with van der Waals surface area (Å²) in [6.07, 6.45) is -0.655. The van der Waals surface area contributed by atoms with E-state index in [1.165, 1.54) is 12.7 Å². The van der Waals surface area contributed by atoms with E-state index in [0.29, 0.717) is 11.2 Å². The van der Waals surface area contributed by atoms with Crippen molar-refractivity contribution < 1.29 is 23.4 Å². The van der Waals surface area contributed by atoms with Crippen molar-refractivity contribution >= 4 is 35.5 Å². The maximum Gasteiger partial charge on any atom is 0.328 e. The molecule has 6 atom stereocenters. The van der Waals surface area contributed by atoms with Gasteiger partial charge in [-0.3, -0.25) is 9.09 Å². The number of nitrogen functional groups attached to an aromatic ring is 1. The van der Waals surface area contributed by atoms with Gasteiger partial charge >= 0.3 is 6.72 Å². The minimum Gasteiger partial charge on any atom is -0.386 e. The van der Waals surface area contributed by atoms with Crippen molar-refractivity contribution in [3.63, 3.8) is 0 Å². The summed E-state index contributed by atoms with van der Waals surface area (Å²) in [6.45, 7) is 2.56.